The predicted octanol–water partition coefficient (Wildman–Crippen LogP) is 0.364. The number of aromatic nitrogens is 2. The molecule has 1 rings (SSSR count). The molecule has 1 amide bonds. The fourth-order valence-corrected chi connectivity index (χ4v) is 2.18. The maximum absolute atomic E-state index is 11.5. The number of carbonyl (C=O) groups excluding carboxylic acids is 1. The lowest BCUT2D eigenvalue weighted by Gasteiger charge is -2.04. The Morgan fingerprint density at radius 3 is 2.69 bits per heavy atom. The van der Waals surface area contributed by atoms with Crippen LogP contribution in [0.5, 0.6) is 0 Å². The molecule has 0 radical (unpaired) electrons. The van der Waals surface area contributed by atoms with E-state index in [1.54, 1.807) is 4.57 Å². The van der Waals surface area contributed by atoms with Gasteiger partial charge in [0.15, 0.2) is 5.03 Å². The average Bonchev–Trinajstić information content (AvgIpc) is 2.49. The third-order valence-corrected chi connectivity index (χ3v) is 3.06. The summed E-state index contributed by atoms with van der Waals surface area (Å²) in [7, 11) is -3.81. The number of rotatable bonds is 4. The Bertz CT molecular complexity index is 476. The molecule has 0 aliphatic heterocycles. The first-order valence-corrected chi connectivity index (χ1v) is 6.34. The monoisotopic (exact) mass is 245 g/mol. The average molecular weight is 245 g/mol. The molecule has 1 aromatic rings. The summed E-state index contributed by atoms with van der Waals surface area (Å²) in [5.74, 6) is -0.232. The quantitative estimate of drug-likeness (QED) is 0.830. The summed E-state index contributed by atoms with van der Waals surface area (Å²) in [6.07, 6.45) is 2.85. The normalized spacial score (nSPS) is 11.8. The highest BCUT2D eigenvalue weighted by atomic mass is 32.2. The molecule has 0 aromatic carbocycles. The van der Waals surface area contributed by atoms with Gasteiger partial charge in [0.05, 0.1) is 6.33 Å². The Hall–Kier alpha value is -1.37. The topological polar surface area (TPSA) is 81.1 Å². The minimum atomic E-state index is -3.81. The van der Waals surface area contributed by atoms with E-state index in [2.05, 4.69) is 4.98 Å². The van der Waals surface area contributed by atoms with Crippen LogP contribution in [0.15, 0.2) is 17.6 Å². The van der Waals surface area contributed by atoms with E-state index in [-0.39, 0.29) is 5.03 Å². The van der Waals surface area contributed by atoms with Gasteiger partial charge in [0.1, 0.15) is 0 Å². The summed E-state index contributed by atoms with van der Waals surface area (Å²) in [5.41, 5.74) is 0. The van der Waals surface area contributed by atoms with Gasteiger partial charge in [0.2, 0.25) is 5.91 Å². The molecule has 0 saturated heterocycles. The molecule has 16 heavy (non-hydrogen) atoms. The minimum Gasteiger partial charge on any atom is -0.336 e. The summed E-state index contributed by atoms with van der Waals surface area (Å²) in [5, 5.41) is -0.136. The molecular formula is C9H15N3O3S. The van der Waals surface area contributed by atoms with Crippen LogP contribution < -0.4 is 4.72 Å². The third-order valence-electron chi connectivity index (χ3n) is 1.74. The molecule has 1 N–H and O–H groups in total. The maximum atomic E-state index is 11.5. The van der Waals surface area contributed by atoms with E-state index in [0.717, 1.165) is 6.92 Å². The number of amides is 1. The third kappa shape index (κ3) is 3.34. The number of nitrogens with one attached hydrogen (secondary N) is 1. The van der Waals surface area contributed by atoms with Crippen LogP contribution in [-0.2, 0) is 21.4 Å². The molecule has 0 bridgehead atoms. The molecule has 0 saturated carbocycles. The summed E-state index contributed by atoms with van der Waals surface area (Å²) < 4.78 is 26.6. The van der Waals surface area contributed by atoms with Crippen LogP contribution in [-0.4, -0.2) is 23.9 Å². The first-order chi connectivity index (χ1) is 7.31. The van der Waals surface area contributed by atoms with Crippen LogP contribution in [0.4, 0.5) is 0 Å². The summed E-state index contributed by atoms with van der Waals surface area (Å²) in [4.78, 5) is 14.4. The van der Waals surface area contributed by atoms with Crippen molar-refractivity contribution in [3.8, 4) is 0 Å². The zero-order valence-corrected chi connectivity index (χ0v) is 10.3. The predicted molar refractivity (Wildman–Crippen MR) is 58.1 cm³/mol. The smallest absolute Gasteiger partial charge is 0.283 e. The summed E-state index contributed by atoms with van der Waals surface area (Å²) >= 11 is 0. The van der Waals surface area contributed by atoms with Crippen molar-refractivity contribution in [2.45, 2.75) is 32.3 Å². The molecule has 0 spiro atoms. The Morgan fingerprint density at radius 2 is 2.19 bits per heavy atom. The highest BCUT2D eigenvalue weighted by molar-refractivity contribution is 7.90. The van der Waals surface area contributed by atoms with Gasteiger partial charge in [0, 0.05) is 19.7 Å². The number of nitrogens with zero attached hydrogens (tertiary/aromatic N) is 2. The van der Waals surface area contributed by atoms with Crippen molar-refractivity contribution in [3.05, 3.63) is 12.5 Å². The van der Waals surface area contributed by atoms with Gasteiger partial charge in [-0.25, -0.2) is 9.71 Å². The molecule has 0 aliphatic rings. The van der Waals surface area contributed by atoms with Crippen LogP contribution in [0.1, 0.15) is 20.8 Å². The van der Waals surface area contributed by atoms with Crippen LogP contribution in [0.2, 0.25) is 0 Å². The van der Waals surface area contributed by atoms with Gasteiger partial charge >= 0.3 is 0 Å². The Kier molecular flexibility index (Phi) is 3.69. The highest BCUT2D eigenvalue weighted by Crippen LogP contribution is 2.07. The SMILES string of the molecule is CC(=O)NS(=O)(=O)c1cn(CC(C)C)cn1. The molecule has 1 aromatic heterocycles. The van der Waals surface area contributed by atoms with Crippen LogP contribution in [0.3, 0.4) is 0 Å². The van der Waals surface area contributed by atoms with Crippen molar-refractivity contribution in [2.24, 2.45) is 5.92 Å². The zero-order chi connectivity index (χ0) is 12.3. The number of hydrogen-bond acceptors (Lipinski definition) is 4. The second kappa shape index (κ2) is 4.65. The van der Waals surface area contributed by atoms with E-state index < -0.39 is 15.9 Å². The maximum Gasteiger partial charge on any atom is 0.283 e. The van der Waals surface area contributed by atoms with Gasteiger partial charge in [-0.1, -0.05) is 13.8 Å². The minimum absolute atomic E-state index is 0.136. The first-order valence-electron chi connectivity index (χ1n) is 4.86. The van der Waals surface area contributed by atoms with E-state index in [4.69, 9.17) is 0 Å². The fraction of sp³-hybridized carbons (Fsp3) is 0.556. The molecule has 0 fully saturated rings. The van der Waals surface area contributed by atoms with Crippen molar-refractivity contribution in [1.82, 2.24) is 14.3 Å². The van der Waals surface area contributed by atoms with Crippen LogP contribution in [0.25, 0.3) is 0 Å². The summed E-state index contributed by atoms with van der Waals surface area (Å²) in [6.45, 7) is 5.86. The van der Waals surface area contributed by atoms with Gasteiger partial charge in [-0.05, 0) is 5.92 Å². The van der Waals surface area contributed by atoms with Gasteiger partial charge in [0.25, 0.3) is 10.0 Å². The molecule has 0 atom stereocenters. The second-order valence-corrected chi connectivity index (χ2v) is 5.59. The lowest BCUT2D eigenvalue weighted by molar-refractivity contribution is -0.117. The zero-order valence-electron chi connectivity index (χ0n) is 9.47. The highest BCUT2D eigenvalue weighted by Gasteiger charge is 2.18. The largest absolute Gasteiger partial charge is 0.336 e. The molecule has 90 valence electrons. The Balaban J connectivity index is 2.89. The molecule has 1 heterocycles. The van der Waals surface area contributed by atoms with Gasteiger partial charge in [-0.15, -0.1) is 0 Å². The van der Waals surface area contributed by atoms with E-state index in [1.165, 1.54) is 12.5 Å². The van der Waals surface area contributed by atoms with Crippen molar-refractivity contribution in [3.63, 3.8) is 0 Å². The van der Waals surface area contributed by atoms with E-state index in [9.17, 15) is 13.2 Å². The molecular weight excluding hydrogens is 230 g/mol. The van der Waals surface area contributed by atoms with E-state index in [1.807, 2.05) is 18.6 Å². The standard InChI is InChI=1S/C9H15N3O3S/c1-7(2)4-12-5-9(10-6-12)16(14,15)11-8(3)13/h5-7H,4H2,1-3H3,(H,11,13). The number of hydrogen-bond donors (Lipinski definition) is 1. The fourth-order valence-electron chi connectivity index (χ4n) is 1.24. The van der Waals surface area contributed by atoms with Crippen molar-refractivity contribution >= 4 is 15.9 Å². The lowest BCUT2D eigenvalue weighted by atomic mass is 10.2. The van der Waals surface area contributed by atoms with Crippen molar-refractivity contribution < 1.29 is 13.2 Å². The van der Waals surface area contributed by atoms with E-state index in [0.29, 0.717) is 12.5 Å². The van der Waals surface area contributed by atoms with Crippen LogP contribution >= 0.6 is 0 Å². The molecule has 6 nitrogen and oxygen atoms in total. The summed E-state index contributed by atoms with van der Waals surface area (Å²) in [6, 6.07) is 0. The van der Waals surface area contributed by atoms with Gasteiger partial charge < -0.3 is 4.57 Å². The van der Waals surface area contributed by atoms with E-state index >= 15 is 0 Å². The second-order valence-electron chi connectivity index (χ2n) is 3.96. The Morgan fingerprint density at radius 1 is 1.56 bits per heavy atom. The lowest BCUT2D eigenvalue weighted by Crippen LogP contribution is -2.28. The Labute approximate surface area is 94.7 Å². The number of imidazole rings is 1. The first kappa shape index (κ1) is 12.7. The van der Waals surface area contributed by atoms with Crippen molar-refractivity contribution in [2.75, 3.05) is 0 Å². The number of sulfonamides is 1. The molecule has 0 aliphatic carbocycles. The van der Waals surface area contributed by atoms with Crippen molar-refractivity contribution in [1.29, 1.82) is 0 Å². The number of carbonyl (C=O) groups is 1. The van der Waals surface area contributed by atoms with Gasteiger partial charge in [-0.3, -0.25) is 4.79 Å². The van der Waals surface area contributed by atoms with Crippen LogP contribution in [0, 0.1) is 5.92 Å². The molecule has 0 unspecified atom stereocenters. The molecule has 7 heteroatoms. The van der Waals surface area contributed by atoms with Gasteiger partial charge in [-0.2, -0.15) is 8.42 Å².